The Balaban J connectivity index is 1.06. The maximum Gasteiger partial charge on any atom is 0.148 e. The first-order chi connectivity index (χ1) is 24.8. The topological polar surface area (TPSA) is 35.1 Å². The average molecular weight is 637 g/mol. The highest BCUT2D eigenvalue weighted by molar-refractivity contribution is 6.22. The van der Waals surface area contributed by atoms with Gasteiger partial charge in [0.25, 0.3) is 0 Å². The number of fused-ring (bicyclic) bond motifs is 13. The Hall–Kier alpha value is -6.78. The molecule has 0 radical (unpaired) electrons. The molecule has 0 unspecified atom stereocenters. The van der Waals surface area contributed by atoms with Gasteiger partial charge < -0.3 is 4.57 Å². The second-order valence-electron chi connectivity index (χ2n) is 13.1. The van der Waals surface area contributed by atoms with E-state index < -0.39 is 0 Å². The van der Waals surface area contributed by atoms with Crippen molar-refractivity contribution in [3.8, 4) is 27.9 Å². The number of aromatic nitrogens is 4. The number of hydrogen-bond acceptors (Lipinski definition) is 2. The zero-order chi connectivity index (χ0) is 32.8. The maximum absolute atomic E-state index is 5.17. The second kappa shape index (κ2) is 10.4. The highest BCUT2D eigenvalue weighted by Crippen LogP contribution is 2.39. The first kappa shape index (κ1) is 27.2. The van der Waals surface area contributed by atoms with E-state index >= 15 is 0 Å². The van der Waals surface area contributed by atoms with E-state index in [2.05, 4.69) is 167 Å². The van der Waals surface area contributed by atoms with E-state index in [1.807, 2.05) is 12.3 Å². The van der Waals surface area contributed by atoms with Crippen LogP contribution in [0.5, 0.6) is 0 Å². The van der Waals surface area contributed by atoms with E-state index in [4.69, 9.17) is 9.97 Å². The summed E-state index contributed by atoms with van der Waals surface area (Å²) in [5, 5.41) is 7.08. The summed E-state index contributed by atoms with van der Waals surface area (Å²) in [4.78, 5) is 10.00. The standard InChI is InChI=1S/C46H28N4/c1-2-10-34(11-3-1)49-40-14-6-4-12-35(40)38-27-32(22-25-41(38)49)29-16-18-30(19-17-29)33-21-23-36-37-24-20-31-9-8-26-47-45(31)44(37)46-48-39-13-5-7-15-42(39)50(46)43(36)28-33/h1-28H. The van der Waals surface area contributed by atoms with Crippen molar-refractivity contribution in [3.63, 3.8) is 0 Å². The number of imidazole rings is 1. The van der Waals surface area contributed by atoms with E-state index in [0.29, 0.717) is 0 Å². The van der Waals surface area contributed by atoms with Crippen LogP contribution in [0.25, 0.3) is 99.0 Å². The highest BCUT2D eigenvalue weighted by atomic mass is 15.0. The van der Waals surface area contributed by atoms with Gasteiger partial charge in [-0.2, -0.15) is 0 Å². The number of nitrogens with zero attached hydrogens (tertiary/aromatic N) is 4. The Morgan fingerprint density at radius 3 is 1.94 bits per heavy atom. The predicted octanol–water partition coefficient (Wildman–Crippen LogP) is 11.8. The van der Waals surface area contributed by atoms with E-state index in [-0.39, 0.29) is 0 Å². The smallest absolute Gasteiger partial charge is 0.148 e. The van der Waals surface area contributed by atoms with Crippen molar-refractivity contribution in [2.45, 2.75) is 0 Å². The first-order valence-electron chi connectivity index (χ1n) is 17.0. The van der Waals surface area contributed by atoms with Crippen LogP contribution in [0, 0.1) is 0 Å². The largest absolute Gasteiger partial charge is 0.309 e. The molecule has 0 aliphatic heterocycles. The molecule has 0 aliphatic rings. The van der Waals surface area contributed by atoms with E-state index in [1.54, 1.807) is 0 Å². The van der Waals surface area contributed by atoms with Gasteiger partial charge in [-0.05, 0) is 82.2 Å². The van der Waals surface area contributed by atoms with Crippen LogP contribution in [-0.2, 0) is 0 Å². The van der Waals surface area contributed by atoms with Crippen LogP contribution in [0.4, 0.5) is 0 Å². The molecule has 0 N–H and O–H groups in total. The molecule has 50 heavy (non-hydrogen) atoms. The highest BCUT2D eigenvalue weighted by Gasteiger charge is 2.17. The quantitative estimate of drug-likeness (QED) is 0.181. The van der Waals surface area contributed by atoms with E-state index in [9.17, 15) is 0 Å². The lowest BCUT2D eigenvalue weighted by Crippen LogP contribution is -1.94. The molecule has 0 saturated heterocycles. The van der Waals surface area contributed by atoms with Crippen molar-refractivity contribution >= 4 is 71.1 Å². The van der Waals surface area contributed by atoms with Gasteiger partial charge in [-0.3, -0.25) is 9.38 Å². The summed E-state index contributed by atoms with van der Waals surface area (Å²) in [7, 11) is 0. The molecule has 0 spiro atoms. The molecule has 0 fully saturated rings. The van der Waals surface area contributed by atoms with Crippen LogP contribution in [0.15, 0.2) is 170 Å². The molecular weight excluding hydrogens is 609 g/mol. The predicted molar refractivity (Wildman–Crippen MR) is 208 cm³/mol. The number of rotatable bonds is 3. The van der Waals surface area contributed by atoms with Gasteiger partial charge in [0, 0.05) is 33.4 Å². The monoisotopic (exact) mass is 636 g/mol. The molecule has 0 amide bonds. The SMILES string of the molecule is c1ccc(-n2c3ccccc3c3cc(-c4ccc(-c5ccc6c7ccc8cccnc8c7c7nc8ccccc8n7c6c5)cc4)ccc32)cc1. The van der Waals surface area contributed by atoms with Crippen molar-refractivity contribution in [2.24, 2.45) is 0 Å². The van der Waals surface area contributed by atoms with Crippen molar-refractivity contribution in [2.75, 3.05) is 0 Å². The van der Waals surface area contributed by atoms with Crippen LogP contribution < -0.4 is 0 Å². The summed E-state index contributed by atoms with van der Waals surface area (Å²) in [6.07, 6.45) is 1.87. The number of hydrogen-bond donors (Lipinski definition) is 0. The Morgan fingerprint density at radius 2 is 1.08 bits per heavy atom. The maximum atomic E-state index is 5.17. The minimum Gasteiger partial charge on any atom is -0.309 e. The Bertz CT molecular complexity index is 3130. The van der Waals surface area contributed by atoms with Crippen LogP contribution in [0.2, 0.25) is 0 Å². The van der Waals surface area contributed by atoms with Gasteiger partial charge in [0.1, 0.15) is 5.65 Å². The van der Waals surface area contributed by atoms with Crippen LogP contribution >= 0.6 is 0 Å². The fourth-order valence-corrected chi connectivity index (χ4v) is 8.02. The molecule has 0 atom stereocenters. The number of para-hydroxylation sites is 4. The van der Waals surface area contributed by atoms with Gasteiger partial charge >= 0.3 is 0 Å². The van der Waals surface area contributed by atoms with Crippen molar-refractivity contribution in [1.29, 1.82) is 0 Å². The molecule has 232 valence electrons. The minimum atomic E-state index is 0.939. The molecule has 0 saturated carbocycles. The van der Waals surface area contributed by atoms with Crippen molar-refractivity contribution < 1.29 is 0 Å². The molecule has 4 heterocycles. The van der Waals surface area contributed by atoms with Crippen LogP contribution in [0.3, 0.4) is 0 Å². The lowest BCUT2D eigenvalue weighted by atomic mass is 9.97. The lowest BCUT2D eigenvalue weighted by molar-refractivity contribution is 1.18. The summed E-state index contributed by atoms with van der Waals surface area (Å²) >= 11 is 0. The zero-order valence-corrected chi connectivity index (χ0v) is 27.0. The molecular formula is C46H28N4. The third-order valence-corrected chi connectivity index (χ3v) is 10.3. The second-order valence-corrected chi connectivity index (χ2v) is 13.1. The Labute approximate surface area is 287 Å². The van der Waals surface area contributed by atoms with Gasteiger partial charge in [0.15, 0.2) is 0 Å². The van der Waals surface area contributed by atoms with Gasteiger partial charge in [0.05, 0.1) is 38.5 Å². The van der Waals surface area contributed by atoms with Gasteiger partial charge in [-0.25, -0.2) is 4.98 Å². The summed E-state index contributed by atoms with van der Waals surface area (Å²) in [6, 6.07) is 58.9. The molecule has 11 rings (SSSR count). The van der Waals surface area contributed by atoms with Crippen molar-refractivity contribution in [1.82, 2.24) is 18.9 Å². The Kier molecular flexibility index (Phi) is 5.63. The normalized spacial score (nSPS) is 12.0. The summed E-state index contributed by atoms with van der Waals surface area (Å²) in [5.41, 5.74) is 13.5. The minimum absolute atomic E-state index is 0.939. The zero-order valence-electron chi connectivity index (χ0n) is 27.0. The molecule has 7 aromatic carbocycles. The van der Waals surface area contributed by atoms with Gasteiger partial charge in [0.2, 0.25) is 0 Å². The average Bonchev–Trinajstić information content (AvgIpc) is 3.74. The lowest BCUT2D eigenvalue weighted by Gasteiger charge is -2.13. The van der Waals surface area contributed by atoms with Gasteiger partial charge in [-0.1, -0.05) is 109 Å². The first-order valence-corrected chi connectivity index (χ1v) is 17.0. The van der Waals surface area contributed by atoms with Crippen LogP contribution in [0.1, 0.15) is 0 Å². The summed E-state index contributed by atoms with van der Waals surface area (Å²) in [5.74, 6) is 0. The summed E-state index contributed by atoms with van der Waals surface area (Å²) in [6.45, 7) is 0. The molecule has 11 aromatic rings. The third kappa shape index (κ3) is 3.87. The molecule has 4 aromatic heterocycles. The molecule has 0 aliphatic carbocycles. The molecule has 0 bridgehead atoms. The summed E-state index contributed by atoms with van der Waals surface area (Å²) < 4.78 is 4.68. The van der Waals surface area contributed by atoms with Crippen LogP contribution in [-0.4, -0.2) is 18.9 Å². The van der Waals surface area contributed by atoms with Gasteiger partial charge in [-0.15, -0.1) is 0 Å². The fourth-order valence-electron chi connectivity index (χ4n) is 8.02. The van der Waals surface area contributed by atoms with E-state index in [0.717, 1.165) is 38.5 Å². The Morgan fingerprint density at radius 1 is 0.420 bits per heavy atom. The third-order valence-electron chi connectivity index (χ3n) is 10.3. The molecule has 4 nitrogen and oxygen atoms in total. The molecule has 4 heteroatoms. The number of benzene rings is 7. The fraction of sp³-hybridized carbons (Fsp3) is 0. The number of pyridine rings is 2. The van der Waals surface area contributed by atoms with Crippen molar-refractivity contribution in [3.05, 3.63) is 170 Å². The van der Waals surface area contributed by atoms with E-state index in [1.165, 1.54) is 60.5 Å².